The number of rotatable bonds is 6. The minimum Gasteiger partial charge on any atom is -0.406 e. The lowest BCUT2D eigenvalue weighted by molar-refractivity contribution is -0.274. The average molecular weight is 408 g/mol. The molecular weight excluding hydrogens is 381 g/mol. The zero-order chi connectivity index (χ0) is 21.2. The Bertz CT molecular complexity index is 854. The molecule has 2 aromatic rings. The molecule has 1 aromatic heterocycles. The minimum absolute atomic E-state index is 0.172. The molecule has 0 fully saturated rings. The molecule has 8 heteroatoms. The van der Waals surface area contributed by atoms with Crippen LogP contribution in [-0.4, -0.2) is 28.9 Å². The quantitative estimate of drug-likeness (QED) is 0.706. The molecule has 158 valence electrons. The van der Waals surface area contributed by atoms with Gasteiger partial charge in [0.05, 0.1) is 0 Å². The van der Waals surface area contributed by atoms with Gasteiger partial charge in [-0.05, 0) is 43.0 Å². The van der Waals surface area contributed by atoms with Gasteiger partial charge in [0.25, 0.3) is 0 Å². The second-order valence-corrected chi connectivity index (χ2v) is 7.73. The molecule has 3 rings (SSSR count). The Hall–Kier alpha value is -2.51. The van der Waals surface area contributed by atoms with E-state index in [4.69, 9.17) is 4.98 Å². The van der Waals surface area contributed by atoms with Crippen molar-refractivity contribution in [3.8, 4) is 5.75 Å². The highest BCUT2D eigenvalue weighted by Gasteiger charge is 2.31. The van der Waals surface area contributed by atoms with E-state index in [1.165, 1.54) is 12.1 Å². The first-order chi connectivity index (χ1) is 13.6. The van der Waals surface area contributed by atoms with Gasteiger partial charge in [-0.15, -0.1) is 13.2 Å². The van der Waals surface area contributed by atoms with Crippen molar-refractivity contribution in [3.63, 3.8) is 0 Å². The number of fused-ring (bicyclic) bond motifs is 1. The van der Waals surface area contributed by atoms with Crippen LogP contribution in [0.25, 0.3) is 0 Å². The highest BCUT2D eigenvalue weighted by Crippen LogP contribution is 2.30. The molecule has 0 spiro atoms. The van der Waals surface area contributed by atoms with Crippen molar-refractivity contribution in [1.29, 1.82) is 0 Å². The number of nitrogens with zero attached hydrogens (tertiary/aromatic N) is 3. The molecule has 1 aliphatic rings. The smallest absolute Gasteiger partial charge is 0.406 e. The van der Waals surface area contributed by atoms with Gasteiger partial charge < -0.3 is 15.0 Å². The van der Waals surface area contributed by atoms with Gasteiger partial charge in [-0.2, -0.15) is 0 Å². The van der Waals surface area contributed by atoms with E-state index in [0.717, 1.165) is 35.0 Å². The molecule has 1 aliphatic heterocycles. The summed E-state index contributed by atoms with van der Waals surface area (Å²) in [4.78, 5) is 11.5. The van der Waals surface area contributed by atoms with Crippen LogP contribution in [0.1, 0.15) is 57.0 Å². The van der Waals surface area contributed by atoms with Gasteiger partial charge >= 0.3 is 6.36 Å². The number of anilines is 2. The maximum absolute atomic E-state index is 12.5. The fourth-order valence-corrected chi connectivity index (χ4v) is 3.22. The molecule has 0 unspecified atom stereocenters. The molecule has 0 amide bonds. The third-order valence-electron chi connectivity index (χ3n) is 5.00. The van der Waals surface area contributed by atoms with Gasteiger partial charge in [0, 0.05) is 31.1 Å². The van der Waals surface area contributed by atoms with Gasteiger partial charge in [-0.1, -0.05) is 26.8 Å². The molecule has 0 radical (unpaired) electrons. The van der Waals surface area contributed by atoms with E-state index >= 15 is 0 Å². The Kier molecular flexibility index (Phi) is 6.19. The number of hydrogen-bond donors (Lipinski definition) is 1. The number of nitrogens with one attached hydrogen (secondary N) is 1. The first kappa shape index (κ1) is 21.2. The number of ether oxygens (including phenoxy) is 1. The first-order valence-electron chi connectivity index (χ1n) is 9.92. The van der Waals surface area contributed by atoms with Gasteiger partial charge in [-0.3, -0.25) is 0 Å². The molecule has 0 bridgehead atoms. The first-order valence-corrected chi connectivity index (χ1v) is 9.92. The highest BCUT2D eigenvalue weighted by atomic mass is 19.4. The largest absolute Gasteiger partial charge is 0.573 e. The Morgan fingerprint density at radius 3 is 2.55 bits per heavy atom. The van der Waals surface area contributed by atoms with Crippen molar-refractivity contribution < 1.29 is 17.9 Å². The Morgan fingerprint density at radius 2 is 1.90 bits per heavy atom. The van der Waals surface area contributed by atoms with E-state index in [1.54, 1.807) is 6.07 Å². The highest BCUT2D eigenvalue weighted by molar-refractivity contribution is 5.52. The zero-order valence-electron chi connectivity index (χ0n) is 17.2. The summed E-state index contributed by atoms with van der Waals surface area (Å²) in [5.41, 5.74) is 1.85. The van der Waals surface area contributed by atoms with Crippen LogP contribution in [0.2, 0.25) is 0 Å². The number of benzene rings is 1. The van der Waals surface area contributed by atoms with E-state index in [2.05, 4.69) is 47.6 Å². The molecule has 0 saturated carbocycles. The lowest BCUT2D eigenvalue weighted by atomic mass is 9.99. The fraction of sp³-hybridized carbons (Fsp3) is 0.524. The summed E-state index contributed by atoms with van der Waals surface area (Å²) in [6.07, 6.45) is -3.07. The maximum atomic E-state index is 12.5. The van der Waals surface area contributed by atoms with E-state index in [0.29, 0.717) is 25.6 Å². The number of alkyl halides is 3. The summed E-state index contributed by atoms with van der Waals surface area (Å²) in [6, 6.07) is 6.79. The van der Waals surface area contributed by atoms with E-state index in [1.807, 2.05) is 6.07 Å². The van der Waals surface area contributed by atoms with Crippen LogP contribution in [0.5, 0.6) is 5.75 Å². The molecule has 5 nitrogen and oxygen atoms in total. The monoisotopic (exact) mass is 408 g/mol. The van der Waals surface area contributed by atoms with Crippen LogP contribution in [0.15, 0.2) is 24.3 Å². The van der Waals surface area contributed by atoms with Crippen LogP contribution < -0.4 is 15.0 Å². The standard InChI is InChI=1S/C21H27F3N4O/c1-5-14(4)25-18-11-19(27-20(26-18)13(2)3)28-9-8-15-10-17(29-21(22,23)24)7-6-16(15)12-28/h6-7,10-11,13-14H,5,8-9,12H2,1-4H3,(H,25,26,27)/t14-/m0/s1. The minimum atomic E-state index is -4.68. The number of hydrogen-bond acceptors (Lipinski definition) is 5. The van der Waals surface area contributed by atoms with Crippen molar-refractivity contribution in [2.75, 3.05) is 16.8 Å². The molecule has 29 heavy (non-hydrogen) atoms. The van der Waals surface area contributed by atoms with Gasteiger partial charge in [0.2, 0.25) is 0 Å². The molecular formula is C21H27F3N4O. The van der Waals surface area contributed by atoms with Gasteiger partial charge in [-0.25, -0.2) is 9.97 Å². The third kappa shape index (κ3) is 5.52. The summed E-state index contributed by atoms with van der Waals surface area (Å²) in [7, 11) is 0. The van der Waals surface area contributed by atoms with Crippen molar-refractivity contribution in [2.45, 2.75) is 65.4 Å². The molecule has 0 saturated heterocycles. The molecule has 0 aliphatic carbocycles. The van der Waals surface area contributed by atoms with Crippen molar-refractivity contribution in [1.82, 2.24) is 9.97 Å². The Morgan fingerprint density at radius 1 is 1.14 bits per heavy atom. The summed E-state index contributed by atoms with van der Waals surface area (Å²) >= 11 is 0. The van der Waals surface area contributed by atoms with Crippen LogP contribution in [0, 0.1) is 0 Å². The fourth-order valence-electron chi connectivity index (χ4n) is 3.22. The van der Waals surface area contributed by atoms with Crippen LogP contribution in [0.3, 0.4) is 0 Å². The van der Waals surface area contributed by atoms with E-state index in [-0.39, 0.29) is 11.7 Å². The second kappa shape index (κ2) is 8.47. The van der Waals surface area contributed by atoms with Crippen LogP contribution in [-0.2, 0) is 13.0 Å². The summed E-state index contributed by atoms with van der Waals surface area (Å²) in [5.74, 6) is 2.41. The summed E-state index contributed by atoms with van der Waals surface area (Å²) in [6.45, 7) is 9.58. The number of aromatic nitrogens is 2. The predicted molar refractivity (Wildman–Crippen MR) is 107 cm³/mol. The lowest BCUT2D eigenvalue weighted by Crippen LogP contribution is -2.31. The molecule has 1 aromatic carbocycles. The van der Waals surface area contributed by atoms with Crippen molar-refractivity contribution in [3.05, 3.63) is 41.2 Å². The Labute approximate surface area is 169 Å². The topological polar surface area (TPSA) is 50.3 Å². The van der Waals surface area contributed by atoms with Gasteiger partial charge in [0.1, 0.15) is 23.2 Å². The van der Waals surface area contributed by atoms with E-state index in [9.17, 15) is 13.2 Å². The van der Waals surface area contributed by atoms with Crippen LogP contribution >= 0.6 is 0 Å². The normalized spacial score (nSPS) is 15.2. The summed E-state index contributed by atoms with van der Waals surface area (Å²) < 4.78 is 41.4. The third-order valence-corrected chi connectivity index (χ3v) is 5.00. The molecule has 1 atom stereocenters. The average Bonchev–Trinajstić information content (AvgIpc) is 2.65. The molecule has 1 N–H and O–H groups in total. The predicted octanol–water partition coefficient (Wildman–Crippen LogP) is 5.27. The van der Waals surface area contributed by atoms with Gasteiger partial charge in [0.15, 0.2) is 0 Å². The van der Waals surface area contributed by atoms with Crippen LogP contribution in [0.4, 0.5) is 24.8 Å². The zero-order valence-corrected chi connectivity index (χ0v) is 17.2. The second-order valence-electron chi connectivity index (χ2n) is 7.73. The van der Waals surface area contributed by atoms with Crippen molar-refractivity contribution in [2.24, 2.45) is 0 Å². The Balaban J connectivity index is 1.83. The van der Waals surface area contributed by atoms with E-state index < -0.39 is 6.36 Å². The van der Waals surface area contributed by atoms with Crippen molar-refractivity contribution >= 4 is 11.6 Å². The number of halogens is 3. The molecule has 2 heterocycles. The lowest BCUT2D eigenvalue weighted by Gasteiger charge is -2.31. The summed E-state index contributed by atoms with van der Waals surface area (Å²) in [5, 5.41) is 3.41. The maximum Gasteiger partial charge on any atom is 0.573 e. The SMILES string of the molecule is CC[C@H](C)Nc1cc(N2CCc3cc(OC(F)(F)F)ccc3C2)nc(C(C)C)n1.